The van der Waals surface area contributed by atoms with Gasteiger partial charge in [-0.05, 0) is 17.7 Å². The molecule has 0 amide bonds. The van der Waals surface area contributed by atoms with Gasteiger partial charge in [-0.2, -0.15) is 0 Å². The SMILES string of the molecule is Clc1cccc(CC#CCN2CCNCC2)c1. The van der Waals surface area contributed by atoms with Crippen LogP contribution in [-0.2, 0) is 6.42 Å². The molecular formula is C14H17ClN2. The van der Waals surface area contributed by atoms with Gasteiger partial charge in [0.1, 0.15) is 0 Å². The molecule has 0 radical (unpaired) electrons. The van der Waals surface area contributed by atoms with E-state index < -0.39 is 0 Å². The van der Waals surface area contributed by atoms with E-state index in [1.165, 1.54) is 5.56 Å². The summed E-state index contributed by atoms with van der Waals surface area (Å²) in [5.74, 6) is 6.43. The molecule has 0 aromatic heterocycles. The minimum absolute atomic E-state index is 0.784. The zero-order valence-corrected chi connectivity index (χ0v) is 10.6. The lowest BCUT2D eigenvalue weighted by Gasteiger charge is -2.24. The Balaban J connectivity index is 1.78. The summed E-state index contributed by atoms with van der Waals surface area (Å²) in [6.45, 7) is 5.24. The summed E-state index contributed by atoms with van der Waals surface area (Å²) in [7, 11) is 0. The molecule has 0 saturated carbocycles. The molecule has 1 aromatic carbocycles. The topological polar surface area (TPSA) is 15.3 Å². The van der Waals surface area contributed by atoms with Crippen molar-refractivity contribution in [2.45, 2.75) is 6.42 Å². The van der Waals surface area contributed by atoms with E-state index in [2.05, 4.69) is 28.1 Å². The Labute approximate surface area is 108 Å². The Morgan fingerprint density at radius 3 is 2.82 bits per heavy atom. The molecule has 0 bridgehead atoms. The number of nitrogens with zero attached hydrogens (tertiary/aromatic N) is 1. The molecule has 1 aliphatic heterocycles. The minimum Gasteiger partial charge on any atom is -0.314 e. The maximum absolute atomic E-state index is 5.92. The highest BCUT2D eigenvalue weighted by Crippen LogP contribution is 2.10. The van der Waals surface area contributed by atoms with Crippen molar-refractivity contribution >= 4 is 11.6 Å². The Hall–Kier alpha value is -1.01. The van der Waals surface area contributed by atoms with Gasteiger partial charge in [-0.1, -0.05) is 35.6 Å². The largest absolute Gasteiger partial charge is 0.314 e. The van der Waals surface area contributed by atoms with Gasteiger partial charge in [-0.15, -0.1) is 0 Å². The third-order valence-electron chi connectivity index (χ3n) is 2.82. The molecule has 0 atom stereocenters. The summed E-state index contributed by atoms with van der Waals surface area (Å²) in [6, 6.07) is 7.89. The van der Waals surface area contributed by atoms with Crippen LogP contribution in [0.2, 0.25) is 5.02 Å². The van der Waals surface area contributed by atoms with Crippen LogP contribution < -0.4 is 5.32 Å². The van der Waals surface area contributed by atoms with E-state index in [9.17, 15) is 0 Å². The van der Waals surface area contributed by atoms with Crippen molar-refractivity contribution in [3.63, 3.8) is 0 Å². The number of nitrogens with one attached hydrogen (secondary N) is 1. The highest BCUT2D eigenvalue weighted by Gasteiger charge is 2.06. The normalized spacial score (nSPS) is 16.3. The molecule has 0 aliphatic carbocycles. The molecule has 1 N–H and O–H groups in total. The highest BCUT2D eigenvalue weighted by molar-refractivity contribution is 6.30. The first-order valence-corrected chi connectivity index (χ1v) is 6.35. The van der Waals surface area contributed by atoms with E-state index in [4.69, 9.17) is 11.6 Å². The van der Waals surface area contributed by atoms with Crippen LogP contribution in [0.5, 0.6) is 0 Å². The summed E-state index contributed by atoms with van der Waals surface area (Å²) < 4.78 is 0. The molecule has 0 unspecified atom stereocenters. The van der Waals surface area contributed by atoms with Crippen LogP contribution in [0, 0.1) is 11.8 Å². The second-order valence-electron chi connectivity index (χ2n) is 4.19. The average Bonchev–Trinajstić information content (AvgIpc) is 2.36. The molecule has 2 nitrogen and oxygen atoms in total. The first kappa shape index (κ1) is 12.4. The monoisotopic (exact) mass is 248 g/mol. The molecule has 1 heterocycles. The Morgan fingerprint density at radius 2 is 2.06 bits per heavy atom. The summed E-state index contributed by atoms with van der Waals surface area (Å²) in [5.41, 5.74) is 1.19. The van der Waals surface area contributed by atoms with Gasteiger partial charge in [-0.3, -0.25) is 4.90 Å². The van der Waals surface area contributed by atoms with Gasteiger partial charge in [0.05, 0.1) is 6.54 Å². The Kier molecular flexibility index (Phi) is 4.88. The molecule has 1 saturated heterocycles. The molecule has 2 rings (SSSR count). The van der Waals surface area contributed by atoms with Crippen LogP contribution in [0.25, 0.3) is 0 Å². The van der Waals surface area contributed by atoms with Crippen LogP contribution >= 0.6 is 11.6 Å². The van der Waals surface area contributed by atoms with Gasteiger partial charge in [0.25, 0.3) is 0 Å². The van der Waals surface area contributed by atoms with Gasteiger partial charge in [0.15, 0.2) is 0 Å². The van der Waals surface area contributed by atoms with Crippen molar-refractivity contribution in [1.29, 1.82) is 0 Å². The number of hydrogen-bond acceptors (Lipinski definition) is 2. The summed E-state index contributed by atoms with van der Waals surface area (Å²) in [5, 5.41) is 4.12. The number of halogens is 1. The van der Waals surface area contributed by atoms with E-state index >= 15 is 0 Å². The third-order valence-corrected chi connectivity index (χ3v) is 3.05. The van der Waals surface area contributed by atoms with Gasteiger partial charge in [0, 0.05) is 37.6 Å². The fourth-order valence-electron chi connectivity index (χ4n) is 1.85. The molecule has 1 aliphatic rings. The van der Waals surface area contributed by atoms with E-state index in [1.54, 1.807) is 0 Å². The molecule has 3 heteroatoms. The molecule has 17 heavy (non-hydrogen) atoms. The number of hydrogen-bond donors (Lipinski definition) is 1. The third kappa shape index (κ3) is 4.40. The van der Waals surface area contributed by atoms with Crippen molar-refractivity contribution in [2.24, 2.45) is 0 Å². The number of benzene rings is 1. The lowest BCUT2D eigenvalue weighted by molar-refractivity contribution is 0.268. The fraction of sp³-hybridized carbons (Fsp3) is 0.429. The van der Waals surface area contributed by atoms with Crippen LogP contribution in [0.1, 0.15) is 5.56 Å². The quantitative estimate of drug-likeness (QED) is 0.803. The predicted octanol–water partition coefficient (Wildman–Crippen LogP) is 1.79. The van der Waals surface area contributed by atoms with Crippen LogP contribution in [0.3, 0.4) is 0 Å². The zero-order valence-electron chi connectivity index (χ0n) is 9.88. The lowest BCUT2D eigenvalue weighted by Crippen LogP contribution is -2.43. The molecule has 1 aromatic rings. The summed E-state index contributed by atoms with van der Waals surface area (Å²) in [6.07, 6.45) is 0.784. The second-order valence-corrected chi connectivity index (χ2v) is 4.62. The number of rotatable bonds is 2. The Morgan fingerprint density at radius 1 is 1.24 bits per heavy atom. The average molecular weight is 249 g/mol. The van der Waals surface area contributed by atoms with Crippen LogP contribution in [-0.4, -0.2) is 37.6 Å². The predicted molar refractivity (Wildman–Crippen MR) is 72.2 cm³/mol. The van der Waals surface area contributed by atoms with Gasteiger partial charge in [0.2, 0.25) is 0 Å². The van der Waals surface area contributed by atoms with E-state index in [-0.39, 0.29) is 0 Å². The van der Waals surface area contributed by atoms with Gasteiger partial charge >= 0.3 is 0 Å². The van der Waals surface area contributed by atoms with Crippen molar-refractivity contribution in [1.82, 2.24) is 10.2 Å². The fourth-order valence-corrected chi connectivity index (χ4v) is 2.06. The maximum atomic E-state index is 5.92. The van der Waals surface area contributed by atoms with E-state index in [0.717, 1.165) is 44.2 Å². The van der Waals surface area contributed by atoms with Crippen LogP contribution in [0.4, 0.5) is 0 Å². The molecule has 0 spiro atoms. The van der Waals surface area contributed by atoms with Crippen molar-refractivity contribution in [3.05, 3.63) is 34.9 Å². The van der Waals surface area contributed by atoms with Gasteiger partial charge in [-0.25, -0.2) is 0 Å². The lowest BCUT2D eigenvalue weighted by atomic mass is 10.1. The van der Waals surface area contributed by atoms with Crippen molar-refractivity contribution < 1.29 is 0 Å². The van der Waals surface area contributed by atoms with Crippen LogP contribution in [0.15, 0.2) is 24.3 Å². The Bertz CT molecular complexity index is 414. The molecular weight excluding hydrogens is 232 g/mol. The minimum atomic E-state index is 0.784. The highest BCUT2D eigenvalue weighted by atomic mass is 35.5. The van der Waals surface area contributed by atoms with E-state index in [0.29, 0.717) is 0 Å². The maximum Gasteiger partial charge on any atom is 0.0602 e. The smallest absolute Gasteiger partial charge is 0.0602 e. The van der Waals surface area contributed by atoms with Crippen molar-refractivity contribution in [2.75, 3.05) is 32.7 Å². The van der Waals surface area contributed by atoms with Gasteiger partial charge < -0.3 is 5.32 Å². The zero-order chi connectivity index (χ0) is 11.9. The standard InChI is InChI=1S/C14H17ClN2/c15-14-6-3-5-13(12-14)4-1-2-9-17-10-7-16-8-11-17/h3,5-6,12,16H,4,7-11H2. The summed E-state index contributed by atoms with van der Waals surface area (Å²) >= 11 is 5.92. The second kappa shape index (κ2) is 6.66. The van der Waals surface area contributed by atoms with E-state index in [1.807, 2.05) is 18.2 Å². The first-order valence-electron chi connectivity index (χ1n) is 5.98. The molecule has 1 fully saturated rings. The van der Waals surface area contributed by atoms with Crippen molar-refractivity contribution in [3.8, 4) is 11.8 Å². The summed E-state index contributed by atoms with van der Waals surface area (Å²) in [4.78, 5) is 2.38. The number of piperazine rings is 1. The molecule has 90 valence electrons. The first-order chi connectivity index (χ1) is 8.34.